The zero-order chi connectivity index (χ0) is 18.7. The van der Waals surface area contributed by atoms with Crippen LogP contribution in [-0.4, -0.2) is 39.8 Å². The minimum absolute atomic E-state index is 0.184. The summed E-state index contributed by atoms with van der Waals surface area (Å²) in [7, 11) is -4.04. The molecule has 1 aliphatic rings. The normalized spacial score (nSPS) is 16.3. The van der Waals surface area contributed by atoms with E-state index in [2.05, 4.69) is 14.8 Å². The van der Waals surface area contributed by atoms with Crippen LogP contribution in [0.3, 0.4) is 0 Å². The molecule has 25 heavy (non-hydrogen) atoms. The minimum Gasteiger partial charge on any atom is -0.406 e. The summed E-state index contributed by atoms with van der Waals surface area (Å²) in [5, 5.41) is 2.65. The van der Waals surface area contributed by atoms with Crippen molar-refractivity contribution in [1.29, 1.82) is 0 Å². The lowest BCUT2D eigenvalue weighted by molar-refractivity contribution is -0.274. The molecule has 1 fully saturated rings. The molecule has 1 atom stereocenters. The molecule has 2 rings (SSSR count). The average molecular weight is 381 g/mol. The maximum atomic E-state index is 12.1. The fourth-order valence-electron chi connectivity index (χ4n) is 2.19. The molecular formula is C14H18F3N3O4S. The van der Waals surface area contributed by atoms with Gasteiger partial charge in [-0.05, 0) is 43.0 Å². The van der Waals surface area contributed by atoms with E-state index >= 15 is 0 Å². The van der Waals surface area contributed by atoms with E-state index in [4.69, 9.17) is 5.73 Å². The number of alkyl halides is 3. The summed E-state index contributed by atoms with van der Waals surface area (Å²) >= 11 is 0. The van der Waals surface area contributed by atoms with Crippen LogP contribution in [-0.2, 0) is 14.8 Å². The maximum Gasteiger partial charge on any atom is 0.573 e. The summed E-state index contributed by atoms with van der Waals surface area (Å²) in [4.78, 5) is 11.5. The number of rotatable bonds is 8. The summed E-state index contributed by atoms with van der Waals surface area (Å²) in [5.74, 6) is -0.742. The number of benzene rings is 1. The van der Waals surface area contributed by atoms with Crippen LogP contribution in [0.1, 0.15) is 12.8 Å². The second-order valence-electron chi connectivity index (χ2n) is 5.59. The first-order valence-electron chi connectivity index (χ1n) is 7.45. The lowest BCUT2D eigenvalue weighted by Crippen LogP contribution is -2.46. The molecule has 7 nitrogen and oxygen atoms in total. The van der Waals surface area contributed by atoms with Gasteiger partial charge in [-0.25, -0.2) is 13.1 Å². The fraction of sp³-hybridized carbons (Fsp3) is 0.500. The summed E-state index contributed by atoms with van der Waals surface area (Å²) in [6.07, 6.45) is -2.92. The number of ether oxygens (including phenoxy) is 1. The van der Waals surface area contributed by atoms with Gasteiger partial charge in [0.1, 0.15) is 5.75 Å². The van der Waals surface area contributed by atoms with Gasteiger partial charge in [0.15, 0.2) is 0 Å². The van der Waals surface area contributed by atoms with Crippen molar-refractivity contribution in [2.75, 3.05) is 13.1 Å². The van der Waals surface area contributed by atoms with Crippen molar-refractivity contribution < 1.29 is 31.1 Å². The highest BCUT2D eigenvalue weighted by Gasteiger charge is 2.32. The predicted octanol–water partition coefficient (Wildman–Crippen LogP) is 0.717. The van der Waals surface area contributed by atoms with Crippen LogP contribution in [0.15, 0.2) is 29.2 Å². The molecule has 1 aromatic rings. The van der Waals surface area contributed by atoms with Crippen molar-refractivity contribution in [2.45, 2.75) is 30.1 Å². The van der Waals surface area contributed by atoms with E-state index in [1.807, 2.05) is 0 Å². The molecule has 140 valence electrons. The molecule has 1 aliphatic carbocycles. The highest BCUT2D eigenvalue weighted by atomic mass is 32.2. The van der Waals surface area contributed by atoms with Crippen LogP contribution in [0.4, 0.5) is 13.2 Å². The Bertz CT molecular complexity index is 703. The Balaban J connectivity index is 1.91. The highest BCUT2D eigenvalue weighted by molar-refractivity contribution is 7.89. The molecule has 1 unspecified atom stereocenters. The third-order valence-corrected chi connectivity index (χ3v) is 5.00. The van der Waals surface area contributed by atoms with Gasteiger partial charge in [-0.3, -0.25) is 4.79 Å². The molecule has 0 aromatic heterocycles. The molecule has 1 aromatic carbocycles. The predicted molar refractivity (Wildman–Crippen MR) is 82.0 cm³/mol. The van der Waals surface area contributed by atoms with Crippen LogP contribution < -0.4 is 20.5 Å². The molecule has 0 heterocycles. The number of hydrogen-bond acceptors (Lipinski definition) is 5. The number of hydrogen-bond donors (Lipinski definition) is 3. The van der Waals surface area contributed by atoms with E-state index in [1.165, 1.54) is 0 Å². The molecule has 0 aliphatic heterocycles. The topological polar surface area (TPSA) is 111 Å². The Morgan fingerprint density at radius 2 is 1.88 bits per heavy atom. The number of amides is 1. The summed E-state index contributed by atoms with van der Waals surface area (Å²) < 4.78 is 66.1. The first-order valence-corrected chi connectivity index (χ1v) is 8.94. The molecule has 4 N–H and O–H groups in total. The Morgan fingerprint density at radius 3 is 2.36 bits per heavy atom. The molecule has 0 spiro atoms. The molecule has 0 radical (unpaired) electrons. The largest absolute Gasteiger partial charge is 0.573 e. The van der Waals surface area contributed by atoms with Gasteiger partial charge in [0.05, 0.1) is 11.4 Å². The summed E-state index contributed by atoms with van der Waals surface area (Å²) in [5.41, 5.74) is 5.55. The second-order valence-corrected chi connectivity index (χ2v) is 7.36. The quantitative estimate of drug-likeness (QED) is 0.615. The van der Waals surface area contributed by atoms with Gasteiger partial charge in [0.25, 0.3) is 0 Å². The third-order valence-electron chi connectivity index (χ3n) is 3.58. The number of halogens is 3. The number of nitrogens with two attached hydrogens (primary N) is 1. The molecule has 0 bridgehead atoms. The van der Waals surface area contributed by atoms with Crippen LogP contribution >= 0.6 is 0 Å². The van der Waals surface area contributed by atoms with E-state index in [0.29, 0.717) is 5.92 Å². The Kier molecular flexibility index (Phi) is 5.91. The van der Waals surface area contributed by atoms with E-state index in [0.717, 1.165) is 37.1 Å². The van der Waals surface area contributed by atoms with Gasteiger partial charge in [0, 0.05) is 12.6 Å². The van der Waals surface area contributed by atoms with Crippen LogP contribution in [0.25, 0.3) is 0 Å². The van der Waals surface area contributed by atoms with E-state index in [1.54, 1.807) is 0 Å². The van der Waals surface area contributed by atoms with Crippen molar-refractivity contribution in [3.8, 4) is 5.75 Å². The third kappa shape index (κ3) is 6.18. The monoisotopic (exact) mass is 381 g/mol. The van der Waals surface area contributed by atoms with E-state index < -0.39 is 34.6 Å². The van der Waals surface area contributed by atoms with Crippen molar-refractivity contribution in [3.63, 3.8) is 0 Å². The lowest BCUT2D eigenvalue weighted by atomic mass is 10.2. The van der Waals surface area contributed by atoms with Gasteiger partial charge >= 0.3 is 6.36 Å². The van der Waals surface area contributed by atoms with Crippen molar-refractivity contribution >= 4 is 15.9 Å². The average Bonchev–Trinajstić information content (AvgIpc) is 3.34. The fourth-order valence-corrected chi connectivity index (χ4v) is 3.17. The number of sulfonamides is 1. The Morgan fingerprint density at radius 1 is 1.28 bits per heavy atom. The second kappa shape index (κ2) is 7.58. The first-order chi connectivity index (χ1) is 11.6. The number of carbonyl (C=O) groups is 1. The minimum atomic E-state index is -4.86. The van der Waals surface area contributed by atoms with Gasteiger partial charge in [0.2, 0.25) is 15.9 Å². The van der Waals surface area contributed by atoms with Gasteiger partial charge < -0.3 is 15.8 Å². The number of nitrogens with one attached hydrogen (secondary N) is 2. The van der Waals surface area contributed by atoms with Gasteiger partial charge in [-0.15, -0.1) is 13.2 Å². The van der Waals surface area contributed by atoms with Gasteiger partial charge in [-0.2, -0.15) is 0 Å². The molecular weight excluding hydrogens is 363 g/mol. The van der Waals surface area contributed by atoms with E-state index in [9.17, 15) is 26.4 Å². The van der Waals surface area contributed by atoms with Crippen LogP contribution in [0, 0.1) is 5.92 Å². The van der Waals surface area contributed by atoms with Crippen molar-refractivity contribution in [3.05, 3.63) is 24.3 Å². The maximum absolute atomic E-state index is 12.1. The molecule has 1 saturated carbocycles. The van der Waals surface area contributed by atoms with Crippen LogP contribution in [0.2, 0.25) is 0 Å². The smallest absolute Gasteiger partial charge is 0.406 e. The van der Waals surface area contributed by atoms with Gasteiger partial charge in [-0.1, -0.05) is 0 Å². The molecule has 11 heteroatoms. The molecule has 0 saturated heterocycles. The standard InChI is InChI=1S/C14H18F3N3O4S/c15-14(16,17)24-10-3-5-11(6-4-10)25(22,23)19-8-13(21)20-12(7-18)9-1-2-9/h3-6,9,12,19H,1-2,7-8,18H2,(H,20,21). The highest BCUT2D eigenvalue weighted by Crippen LogP contribution is 2.32. The Labute approximate surface area is 142 Å². The van der Waals surface area contributed by atoms with Crippen molar-refractivity contribution in [2.24, 2.45) is 11.7 Å². The Hall–Kier alpha value is -1.85. The van der Waals surface area contributed by atoms with Crippen LogP contribution in [0.5, 0.6) is 5.75 Å². The zero-order valence-electron chi connectivity index (χ0n) is 13.0. The first kappa shape index (κ1) is 19.5. The van der Waals surface area contributed by atoms with Crippen molar-refractivity contribution in [1.82, 2.24) is 10.0 Å². The lowest BCUT2D eigenvalue weighted by Gasteiger charge is -2.16. The summed E-state index contributed by atoms with van der Waals surface area (Å²) in [6, 6.07) is 3.47. The zero-order valence-corrected chi connectivity index (χ0v) is 13.9. The SMILES string of the molecule is NCC(NC(=O)CNS(=O)(=O)c1ccc(OC(F)(F)F)cc1)C1CC1. The number of carbonyl (C=O) groups excluding carboxylic acids is 1. The summed E-state index contributed by atoms with van der Waals surface area (Å²) in [6.45, 7) is -0.226. The molecule has 1 amide bonds. The van der Waals surface area contributed by atoms with E-state index in [-0.39, 0.29) is 17.5 Å².